The largest absolute Gasteiger partial charge is 0.228 e. The summed E-state index contributed by atoms with van der Waals surface area (Å²) in [4.78, 5) is 11.0. The standard InChI is InChI=1S/C44H27ClN2S2/c1-2-27-40(31-17-9-13-25-11-3-5-14-28(25)31)46-44(47-41(27)34-19-10-18-32-30-16-7-8-20-36(30)48-42(32)34)39-35(45)23-22-33-38-29-15-6-4-12-26(29)21-24-37(38)49-43(33)39/h3-24H,2H2,1H3. The topological polar surface area (TPSA) is 25.8 Å². The number of aromatic nitrogens is 2. The van der Waals surface area contributed by atoms with E-state index in [1.807, 2.05) is 17.4 Å². The lowest BCUT2D eigenvalue weighted by Gasteiger charge is -2.18. The highest BCUT2D eigenvalue weighted by molar-refractivity contribution is 7.27. The minimum atomic E-state index is 0.653. The lowest BCUT2D eigenvalue weighted by Crippen LogP contribution is -2.03. The van der Waals surface area contributed by atoms with Gasteiger partial charge in [-0.3, -0.25) is 0 Å². The fourth-order valence-electron chi connectivity index (χ4n) is 7.54. The molecule has 49 heavy (non-hydrogen) atoms. The fraction of sp³-hybridized carbons (Fsp3) is 0.0455. The van der Waals surface area contributed by atoms with Gasteiger partial charge in [0, 0.05) is 57.0 Å². The van der Waals surface area contributed by atoms with Gasteiger partial charge in [-0.1, -0.05) is 134 Å². The van der Waals surface area contributed by atoms with Gasteiger partial charge in [0.2, 0.25) is 0 Å². The summed E-state index contributed by atoms with van der Waals surface area (Å²) in [6.07, 6.45) is 0.780. The van der Waals surface area contributed by atoms with E-state index in [-0.39, 0.29) is 0 Å². The molecule has 0 spiro atoms. The molecule has 0 saturated carbocycles. The highest BCUT2D eigenvalue weighted by atomic mass is 35.5. The fourth-order valence-corrected chi connectivity index (χ4v) is 10.3. The third-order valence-electron chi connectivity index (χ3n) is 9.77. The van der Waals surface area contributed by atoms with Crippen molar-refractivity contribution in [2.75, 3.05) is 0 Å². The van der Waals surface area contributed by atoms with Crippen molar-refractivity contribution < 1.29 is 0 Å². The van der Waals surface area contributed by atoms with Crippen LogP contribution in [0.25, 0.3) is 95.8 Å². The van der Waals surface area contributed by atoms with Crippen LogP contribution in [0.2, 0.25) is 5.02 Å². The molecule has 232 valence electrons. The van der Waals surface area contributed by atoms with Crippen molar-refractivity contribution in [3.05, 3.63) is 144 Å². The molecule has 0 aliphatic heterocycles. The second-order valence-electron chi connectivity index (χ2n) is 12.4. The van der Waals surface area contributed by atoms with Crippen LogP contribution in [0, 0.1) is 0 Å². The Morgan fingerprint density at radius 3 is 1.98 bits per heavy atom. The number of fused-ring (bicyclic) bond motifs is 9. The van der Waals surface area contributed by atoms with E-state index in [0.29, 0.717) is 10.8 Å². The quantitative estimate of drug-likeness (QED) is 0.185. The summed E-state index contributed by atoms with van der Waals surface area (Å²) in [6.45, 7) is 2.21. The molecular formula is C44H27ClN2S2. The number of rotatable bonds is 4. The molecule has 0 unspecified atom stereocenters. The van der Waals surface area contributed by atoms with Gasteiger partial charge in [0.15, 0.2) is 5.82 Å². The lowest BCUT2D eigenvalue weighted by atomic mass is 9.94. The molecule has 10 aromatic rings. The van der Waals surface area contributed by atoms with Gasteiger partial charge in [-0.2, -0.15) is 0 Å². The van der Waals surface area contributed by atoms with Gasteiger partial charge in [0.1, 0.15) is 0 Å². The van der Waals surface area contributed by atoms with Gasteiger partial charge in [0.05, 0.1) is 22.0 Å². The second-order valence-corrected chi connectivity index (χ2v) is 15.0. The van der Waals surface area contributed by atoms with E-state index in [2.05, 4.69) is 134 Å². The number of nitrogens with zero attached hydrogens (tertiary/aromatic N) is 2. The van der Waals surface area contributed by atoms with E-state index in [0.717, 1.165) is 44.8 Å². The van der Waals surface area contributed by atoms with Gasteiger partial charge < -0.3 is 0 Å². The minimum Gasteiger partial charge on any atom is -0.228 e. The molecule has 0 N–H and O–H groups in total. The number of thiophene rings is 2. The summed E-state index contributed by atoms with van der Waals surface area (Å²) in [6, 6.07) is 47.6. The van der Waals surface area contributed by atoms with E-state index in [4.69, 9.17) is 21.6 Å². The molecule has 3 aromatic heterocycles. The summed E-state index contributed by atoms with van der Waals surface area (Å²) < 4.78 is 4.85. The average Bonchev–Trinajstić information content (AvgIpc) is 3.73. The van der Waals surface area contributed by atoms with Crippen LogP contribution in [0.5, 0.6) is 0 Å². The third kappa shape index (κ3) is 4.38. The zero-order chi connectivity index (χ0) is 32.6. The average molecular weight is 683 g/mol. The zero-order valence-corrected chi connectivity index (χ0v) is 28.9. The van der Waals surface area contributed by atoms with E-state index in [1.165, 1.54) is 57.2 Å². The van der Waals surface area contributed by atoms with E-state index in [9.17, 15) is 0 Å². The molecule has 0 bridgehead atoms. The van der Waals surface area contributed by atoms with Gasteiger partial charge in [0.25, 0.3) is 0 Å². The van der Waals surface area contributed by atoms with Crippen molar-refractivity contribution in [1.82, 2.24) is 9.97 Å². The molecule has 0 fully saturated rings. The smallest absolute Gasteiger partial charge is 0.163 e. The first kappa shape index (κ1) is 28.8. The minimum absolute atomic E-state index is 0.653. The lowest BCUT2D eigenvalue weighted by molar-refractivity contribution is 1.07. The number of hydrogen-bond acceptors (Lipinski definition) is 4. The summed E-state index contributed by atoms with van der Waals surface area (Å²) in [5.41, 5.74) is 6.18. The molecule has 0 radical (unpaired) electrons. The molecular weight excluding hydrogens is 656 g/mol. The van der Waals surface area contributed by atoms with E-state index in [1.54, 1.807) is 11.3 Å². The van der Waals surface area contributed by atoms with Crippen LogP contribution >= 0.6 is 34.3 Å². The Bertz CT molecular complexity index is 2950. The maximum atomic E-state index is 7.23. The third-order valence-corrected chi connectivity index (χ3v) is 12.5. The molecule has 5 heteroatoms. The second kappa shape index (κ2) is 11.2. The Morgan fingerprint density at radius 1 is 0.510 bits per heavy atom. The molecule has 0 saturated heterocycles. The van der Waals surface area contributed by atoms with Crippen molar-refractivity contribution in [2.45, 2.75) is 13.3 Å². The molecule has 0 aliphatic carbocycles. The Balaban J connectivity index is 1.34. The monoisotopic (exact) mass is 682 g/mol. The molecule has 0 amide bonds. The maximum Gasteiger partial charge on any atom is 0.163 e. The Morgan fingerprint density at radius 2 is 1.14 bits per heavy atom. The molecule has 3 heterocycles. The zero-order valence-electron chi connectivity index (χ0n) is 26.5. The summed E-state index contributed by atoms with van der Waals surface area (Å²) in [5.74, 6) is 0.653. The van der Waals surface area contributed by atoms with E-state index < -0.39 is 0 Å². The van der Waals surface area contributed by atoms with Crippen LogP contribution in [-0.4, -0.2) is 9.97 Å². The summed E-state index contributed by atoms with van der Waals surface area (Å²) in [7, 11) is 0. The van der Waals surface area contributed by atoms with Crippen LogP contribution in [0.15, 0.2) is 133 Å². The van der Waals surface area contributed by atoms with Crippen molar-refractivity contribution >= 4 is 96.2 Å². The number of hydrogen-bond donors (Lipinski definition) is 0. The van der Waals surface area contributed by atoms with Gasteiger partial charge in [-0.05, 0) is 46.2 Å². The van der Waals surface area contributed by atoms with Gasteiger partial charge in [-0.15, -0.1) is 22.7 Å². The van der Waals surface area contributed by atoms with E-state index >= 15 is 0 Å². The number of halogens is 1. The van der Waals surface area contributed by atoms with Crippen LogP contribution in [0.1, 0.15) is 12.5 Å². The van der Waals surface area contributed by atoms with Gasteiger partial charge >= 0.3 is 0 Å². The highest BCUT2D eigenvalue weighted by Gasteiger charge is 2.24. The van der Waals surface area contributed by atoms with Crippen LogP contribution in [0.3, 0.4) is 0 Å². The Labute approximate surface area is 295 Å². The van der Waals surface area contributed by atoms with Gasteiger partial charge in [-0.25, -0.2) is 9.97 Å². The number of benzene rings is 7. The van der Waals surface area contributed by atoms with Crippen LogP contribution in [-0.2, 0) is 6.42 Å². The van der Waals surface area contributed by atoms with Crippen molar-refractivity contribution in [3.63, 3.8) is 0 Å². The first-order chi connectivity index (χ1) is 24.2. The Kier molecular flexibility index (Phi) is 6.60. The molecule has 0 atom stereocenters. The van der Waals surface area contributed by atoms with Crippen LogP contribution in [0.4, 0.5) is 0 Å². The molecule has 2 nitrogen and oxygen atoms in total. The highest BCUT2D eigenvalue weighted by Crippen LogP contribution is 2.47. The van der Waals surface area contributed by atoms with Crippen molar-refractivity contribution in [2.24, 2.45) is 0 Å². The predicted octanol–water partition coefficient (Wildman–Crippen LogP) is 13.7. The van der Waals surface area contributed by atoms with Crippen molar-refractivity contribution in [3.8, 4) is 33.9 Å². The Hall–Kier alpha value is -5.13. The molecule has 10 rings (SSSR count). The maximum absolute atomic E-state index is 7.23. The first-order valence-corrected chi connectivity index (χ1v) is 18.5. The first-order valence-electron chi connectivity index (χ1n) is 16.5. The molecule has 0 aliphatic rings. The normalized spacial score (nSPS) is 12.0. The predicted molar refractivity (Wildman–Crippen MR) is 214 cm³/mol. The SMILES string of the molecule is CCc1c(-c2cccc3ccccc23)nc(-c2c(Cl)ccc3c2sc2ccc4ccccc4c23)nc1-c1cccc2c1sc1ccccc12. The molecule has 7 aromatic carbocycles. The van der Waals surface area contributed by atoms with Crippen molar-refractivity contribution in [1.29, 1.82) is 0 Å². The summed E-state index contributed by atoms with van der Waals surface area (Å²) in [5, 5.41) is 10.5. The van der Waals surface area contributed by atoms with Crippen LogP contribution < -0.4 is 0 Å². The summed E-state index contributed by atoms with van der Waals surface area (Å²) >= 11 is 10.8.